The predicted octanol–water partition coefficient (Wildman–Crippen LogP) is 8.63. The predicted molar refractivity (Wildman–Crippen MR) is 146 cm³/mol. The average Bonchev–Trinajstić information content (AvgIpc) is 3.38. The van der Waals surface area contributed by atoms with Crippen LogP contribution in [-0.2, 0) is 6.61 Å². The first-order valence-corrected chi connectivity index (χ1v) is 12.5. The van der Waals surface area contributed by atoms with Crippen molar-refractivity contribution in [3.05, 3.63) is 110 Å². The van der Waals surface area contributed by atoms with E-state index in [1.807, 2.05) is 24.3 Å². The van der Waals surface area contributed by atoms with Gasteiger partial charge in [0.25, 0.3) is 11.6 Å². The number of anilines is 1. The molecule has 0 bridgehead atoms. The fourth-order valence-electron chi connectivity index (χ4n) is 3.56. The van der Waals surface area contributed by atoms with E-state index in [0.29, 0.717) is 22.5 Å². The number of amides is 1. The first-order chi connectivity index (χ1) is 18.2. The molecule has 1 amide bonds. The summed E-state index contributed by atoms with van der Waals surface area (Å²) in [5.74, 6) is 1.38. The highest BCUT2D eigenvalue weighted by molar-refractivity contribution is 6.35. The van der Waals surface area contributed by atoms with Crippen molar-refractivity contribution in [3.63, 3.8) is 0 Å². The van der Waals surface area contributed by atoms with Gasteiger partial charge in [-0.25, -0.2) is 0 Å². The minimum atomic E-state index is -0.593. The van der Waals surface area contributed by atoms with Crippen molar-refractivity contribution < 1.29 is 23.6 Å². The number of ether oxygens (including phenoxy) is 2. The molecule has 8 nitrogen and oxygen atoms in total. The number of carbonyl (C=O) groups excluding carboxylic acids is 1. The quantitative estimate of drug-likeness (QED) is 0.155. The summed E-state index contributed by atoms with van der Waals surface area (Å²) in [5.41, 5.74) is 1.10. The second-order valence-corrected chi connectivity index (χ2v) is 9.38. The maximum absolute atomic E-state index is 12.8. The van der Waals surface area contributed by atoms with Gasteiger partial charge in [-0.15, -0.1) is 0 Å². The van der Waals surface area contributed by atoms with Gasteiger partial charge in [0.05, 0.1) is 21.7 Å². The van der Waals surface area contributed by atoms with Crippen LogP contribution in [0.4, 0.5) is 11.4 Å². The summed E-state index contributed by atoms with van der Waals surface area (Å²) < 4.78 is 17.1. The van der Waals surface area contributed by atoms with Crippen molar-refractivity contribution in [1.82, 2.24) is 0 Å². The number of rotatable bonds is 10. The topological polar surface area (TPSA) is 104 Å². The van der Waals surface area contributed by atoms with Crippen LogP contribution < -0.4 is 14.8 Å². The van der Waals surface area contributed by atoms with Gasteiger partial charge < -0.3 is 19.2 Å². The number of furan rings is 1. The third-order valence-electron chi connectivity index (χ3n) is 5.81. The van der Waals surface area contributed by atoms with Crippen molar-refractivity contribution in [1.29, 1.82) is 0 Å². The summed E-state index contributed by atoms with van der Waals surface area (Å²) in [4.78, 5) is 23.6. The van der Waals surface area contributed by atoms with E-state index < -0.39 is 10.8 Å². The van der Waals surface area contributed by atoms with E-state index in [1.54, 1.807) is 12.1 Å². The maximum atomic E-state index is 12.8. The van der Waals surface area contributed by atoms with Crippen LogP contribution >= 0.6 is 23.2 Å². The molecular formula is C28H24Cl2N2O6. The molecule has 1 heterocycles. The Labute approximate surface area is 229 Å². The van der Waals surface area contributed by atoms with E-state index >= 15 is 0 Å². The van der Waals surface area contributed by atoms with Gasteiger partial charge in [0.2, 0.25) is 0 Å². The highest BCUT2D eigenvalue weighted by Crippen LogP contribution is 2.35. The standard InChI is InChI=1S/C28H24Cl2N2O6/c1-3-17(2)18-4-7-22(8-5-18)36-16-23-9-11-27(37-23)28(33)31-20-13-21(32(34)35)15-24(14-20)38-26-10-6-19(29)12-25(26)30/h4-15,17H,3,16H2,1-2H3,(H,31,33). The van der Waals surface area contributed by atoms with Gasteiger partial charge in [-0.2, -0.15) is 0 Å². The smallest absolute Gasteiger partial charge is 0.291 e. The number of halogens is 2. The number of nitro benzene ring substituents is 1. The van der Waals surface area contributed by atoms with Crippen LogP contribution in [0.15, 0.2) is 77.2 Å². The van der Waals surface area contributed by atoms with Crippen LogP contribution in [0.3, 0.4) is 0 Å². The molecule has 4 rings (SSSR count). The monoisotopic (exact) mass is 554 g/mol. The molecule has 0 spiro atoms. The van der Waals surface area contributed by atoms with E-state index in [9.17, 15) is 14.9 Å². The molecule has 0 aliphatic carbocycles. The summed E-state index contributed by atoms with van der Waals surface area (Å²) in [6, 6.07) is 19.5. The number of nitrogens with one attached hydrogen (secondary N) is 1. The Hall–Kier alpha value is -4.01. The van der Waals surface area contributed by atoms with E-state index in [0.717, 1.165) is 6.42 Å². The fraction of sp³-hybridized carbons (Fsp3) is 0.179. The largest absolute Gasteiger partial charge is 0.486 e. The normalized spacial score (nSPS) is 11.6. The molecule has 1 atom stereocenters. The summed E-state index contributed by atoms with van der Waals surface area (Å²) in [6.07, 6.45) is 1.05. The van der Waals surface area contributed by atoms with Crippen LogP contribution in [0, 0.1) is 10.1 Å². The molecule has 10 heteroatoms. The van der Waals surface area contributed by atoms with Gasteiger partial charge in [-0.05, 0) is 60.4 Å². The molecule has 3 aromatic carbocycles. The van der Waals surface area contributed by atoms with E-state index in [2.05, 4.69) is 19.2 Å². The van der Waals surface area contributed by atoms with Gasteiger partial charge in [0, 0.05) is 17.2 Å². The average molecular weight is 555 g/mol. The number of non-ortho nitro benzene ring substituents is 1. The Bertz CT molecular complexity index is 1450. The molecule has 0 aliphatic heterocycles. The van der Waals surface area contributed by atoms with Gasteiger partial charge in [0.15, 0.2) is 5.76 Å². The van der Waals surface area contributed by atoms with Gasteiger partial charge in [0.1, 0.15) is 29.6 Å². The molecule has 0 aliphatic rings. The second kappa shape index (κ2) is 12.0. The zero-order valence-corrected chi connectivity index (χ0v) is 22.1. The molecule has 0 radical (unpaired) electrons. The molecule has 1 unspecified atom stereocenters. The molecular weight excluding hydrogens is 531 g/mol. The highest BCUT2D eigenvalue weighted by atomic mass is 35.5. The molecule has 0 fully saturated rings. The maximum Gasteiger partial charge on any atom is 0.291 e. The third-order valence-corrected chi connectivity index (χ3v) is 6.34. The molecule has 196 valence electrons. The Balaban J connectivity index is 1.43. The number of carbonyl (C=O) groups is 1. The van der Waals surface area contributed by atoms with Crippen LogP contribution in [0.2, 0.25) is 10.0 Å². The van der Waals surface area contributed by atoms with Crippen LogP contribution in [0.25, 0.3) is 0 Å². The Morgan fingerprint density at radius 2 is 1.79 bits per heavy atom. The van der Waals surface area contributed by atoms with Crippen molar-refractivity contribution in [2.24, 2.45) is 0 Å². The second-order valence-electron chi connectivity index (χ2n) is 8.54. The number of benzene rings is 3. The van der Waals surface area contributed by atoms with E-state index in [4.69, 9.17) is 37.1 Å². The van der Waals surface area contributed by atoms with Crippen LogP contribution in [-0.4, -0.2) is 10.8 Å². The number of hydrogen-bond donors (Lipinski definition) is 1. The van der Waals surface area contributed by atoms with Gasteiger partial charge in [-0.3, -0.25) is 14.9 Å². The molecule has 4 aromatic rings. The third kappa shape index (κ3) is 6.85. The lowest BCUT2D eigenvalue weighted by Crippen LogP contribution is -2.11. The lowest BCUT2D eigenvalue weighted by Gasteiger charge is -2.10. The fourth-order valence-corrected chi connectivity index (χ4v) is 4.00. The molecule has 38 heavy (non-hydrogen) atoms. The van der Waals surface area contributed by atoms with Crippen molar-refractivity contribution in [2.75, 3.05) is 5.32 Å². The van der Waals surface area contributed by atoms with Crippen molar-refractivity contribution in [2.45, 2.75) is 32.8 Å². The number of nitro groups is 1. The SMILES string of the molecule is CCC(C)c1ccc(OCc2ccc(C(=O)Nc3cc(Oc4ccc(Cl)cc4Cl)cc([N+](=O)[O-])c3)o2)cc1. The molecule has 0 saturated heterocycles. The lowest BCUT2D eigenvalue weighted by atomic mass is 9.99. The molecule has 0 saturated carbocycles. The summed E-state index contributed by atoms with van der Waals surface area (Å²) in [7, 11) is 0. The zero-order chi connectivity index (χ0) is 27.2. The lowest BCUT2D eigenvalue weighted by molar-refractivity contribution is -0.384. The van der Waals surface area contributed by atoms with Crippen molar-refractivity contribution in [3.8, 4) is 17.2 Å². The van der Waals surface area contributed by atoms with Gasteiger partial charge >= 0.3 is 0 Å². The van der Waals surface area contributed by atoms with Crippen LogP contribution in [0.5, 0.6) is 17.2 Å². The first kappa shape index (κ1) is 27.0. The summed E-state index contributed by atoms with van der Waals surface area (Å²) >= 11 is 12.1. The van der Waals surface area contributed by atoms with Crippen molar-refractivity contribution >= 4 is 40.5 Å². The molecule has 1 N–H and O–H groups in total. The minimum absolute atomic E-state index is 0.0189. The highest BCUT2D eigenvalue weighted by Gasteiger charge is 2.17. The summed E-state index contributed by atoms with van der Waals surface area (Å²) in [6.45, 7) is 4.44. The minimum Gasteiger partial charge on any atom is -0.486 e. The Morgan fingerprint density at radius 1 is 1.03 bits per heavy atom. The first-order valence-electron chi connectivity index (χ1n) is 11.8. The summed E-state index contributed by atoms with van der Waals surface area (Å²) in [5, 5.41) is 14.7. The van der Waals surface area contributed by atoms with E-state index in [-0.39, 0.29) is 40.3 Å². The Morgan fingerprint density at radius 3 is 2.47 bits per heavy atom. The van der Waals surface area contributed by atoms with Crippen LogP contribution in [0.1, 0.15) is 48.1 Å². The number of nitrogens with zero attached hydrogens (tertiary/aromatic N) is 1. The molecule has 1 aromatic heterocycles. The Kier molecular flexibility index (Phi) is 8.55. The number of hydrogen-bond acceptors (Lipinski definition) is 6. The van der Waals surface area contributed by atoms with Gasteiger partial charge in [-0.1, -0.05) is 49.2 Å². The zero-order valence-electron chi connectivity index (χ0n) is 20.6. The van der Waals surface area contributed by atoms with E-state index in [1.165, 1.54) is 42.0 Å².